The van der Waals surface area contributed by atoms with Crippen LogP contribution in [0, 0.1) is 0 Å². The summed E-state index contributed by atoms with van der Waals surface area (Å²) in [6.45, 7) is 2.62. The molecular weight excluding hydrogens is 347 g/mol. The van der Waals surface area contributed by atoms with Crippen LogP contribution in [0.1, 0.15) is 84.0 Å². The summed E-state index contributed by atoms with van der Waals surface area (Å²) >= 11 is 16.6. The molecule has 0 bridgehead atoms. The van der Waals surface area contributed by atoms with E-state index in [4.69, 9.17) is 38.0 Å². The molecule has 0 spiro atoms. The normalized spacial score (nSPS) is 11.6. The average Bonchev–Trinajstić information content (AvgIpc) is 2.42. The molecule has 0 aromatic heterocycles. The van der Waals surface area contributed by atoms with Gasteiger partial charge in [0.2, 0.25) is 0 Å². The number of rotatable bonds is 14. The fourth-order valence-electron chi connectivity index (χ4n) is 2.19. The second-order valence-corrected chi connectivity index (χ2v) is 13.8. The molecule has 0 aliphatic rings. The minimum atomic E-state index is -3.31. The predicted molar refractivity (Wildman–Crippen MR) is 95.7 cm³/mol. The maximum Gasteiger partial charge on any atom is 0.463 e. The van der Waals surface area contributed by atoms with Crippen molar-refractivity contribution in [2.75, 3.05) is 6.61 Å². The number of hydrogen-bond acceptors (Lipinski definition) is 2. The zero-order chi connectivity index (χ0) is 16.0. The lowest BCUT2D eigenvalue weighted by atomic mass is 10.1. The summed E-state index contributed by atoms with van der Waals surface area (Å²) in [5.41, 5.74) is -0.643. The number of carbonyl (C=O) groups is 1. The topological polar surface area (TPSA) is 26.3 Å². The van der Waals surface area contributed by atoms with Crippen LogP contribution in [0.4, 0.5) is 4.79 Å². The van der Waals surface area contributed by atoms with Gasteiger partial charge in [-0.3, -0.25) is 4.79 Å². The van der Waals surface area contributed by atoms with Crippen LogP contribution in [0.15, 0.2) is 0 Å². The van der Waals surface area contributed by atoms with Crippen LogP contribution in [-0.4, -0.2) is 18.2 Å². The Labute approximate surface area is 145 Å². The first-order valence-corrected chi connectivity index (χ1v) is 13.3. The number of unbranched alkanes of at least 4 members (excludes halogenated alkanes) is 11. The molecule has 0 aliphatic carbocycles. The van der Waals surface area contributed by atoms with Gasteiger partial charge >= 0.3 is 11.6 Å². The van der Waals surface area contributed by atoms with Gasteiger partial charge in [0.25, 0.3) is 0 Å². The van der Waals surface area contributed by atoms with Gasteiger partial charge in [-0.15, -0.1) is 33.2 Å². The third kappa shape index (κ3) is 15.2. The van der Waals surface area contributed by atoms with Gasteiger partial charge in [-0.05, 0) is 6.42 Å². The van der Waals surface area contributed by atoms with E-state index in [1.54, 1.807) is 0 Å². The van der Waals surface area contributed by atoms with E-state index < -0.39 is 11.6 Å². The summed E-state index contributed by atoms with van der Waals surface area (Å²) in [4.78, 5) is 11.2. The lowest BCUT2D eigenvalue weighted by Gasteiger charge is -2.08. The van der Waals surface area contributed by atoms with Crippen LogP contribution >= 0.6 is 33.2 Å². The molecule has 0 radical (unpaired) electrons. The average molecular weight is 376 g/mol. The molecule has 0 fully saturated rings. The van der Waals surface area contributed by atoms with E-state index >= 15 is 0 Å². The predicted octanol–water partition coefficient (Wildman–Crippen LogP) is 7.06. The van der Waals surface area contributed by atoms with Crippen molar-refractivity contribution in [1.29, 1.82) is 0 Å². The summed E-state index contributed by atoms with van der Waals surface area (Å²) < 4.78 is 4.93. The zero-order valence-electron chi connectivity index (χ0n) is 13.1. The van der Waals surface area contributed by atoms with E-state index in [2.05, 4.69) is 6.92 Å². The van der Waals surface area contributed by atoms with E-state index in [0.717, 1.165) is 12.8 Å². The largest absolute Gasteiger partial charge is 0.467 e. The van der Waals surface area contributed by atoms with Crippen LogP contribution in [0.3, 0.4) is 0 Å². The smallest absolute Gasteiger partial charge is 0.463 e. The van der Waals surface area contributed by atoms with E-state index in [0.29, 0.717) is 6.61 Å². The van der Waals surface area contributed by atoms with E-state index in [1.165, 1.54) is 64.2 Å². The SMILES string of the molecule is CCCCCCCCCCCCCCOC(=O)[Si](Cl)(Cl)Cl. The monoisotopic (exact) mass is 374 g/mol. The molecule has 0 saturated carbocycles. The number of hydrogen-bond donors (Lipinski definition) is 0. The summed E-state index contributed by atoms with van der Waals surface area (Å²) in [7, 11) is 0. The van der Waals surface area contributed by atoms with Gasteiger partial charge in [0.05, 0.1) is 6.61 Å². The first-order valence-electron chi connectivity index (χ1n) is 8.22. The van der Waals surface area contributed by atoms with Gasteiger partial charge in [0.1, 0.15) is 0 Å². The van der Waals surface area contributed by atoms with Crippen molar-refractivity contribution in [3.05, 3.63) is 0 Å². The first-order chi connectivity index (χ1) is 9.98. The van der Waals surface area contributed by atoms with Crippen LogP contribution < -0.4 is 0 Å². The minimum Gasteiger partial charge on any atom is -0.467 e. The molecule has 0 amide bonds. The van der Waals surface area contributed by atoms with Crippen LogP contribution in [0.5, 0.6) is 0 Å². The molecule has 0 rings (SSSR count). The van der Waals surface area contributed by atoms with Gasteiger partial charge in [0.15, 0.2) is 0 Å². The molecule has 6 heteroatoms. The number of halogens is 3. The Morgan fingerprint density at radius 2 is 1.14 bits per heavy atom. The molecule has 126 valence electrons. The number of carbonyl (C=O) groups excluding carboxylic acids is 1. The minimum absolute atomic E-state index is 0.372. The highest BCUT2D eigenvalue weighted by Crippen LogP contribution is 2.22. The van der Waals surface area contributed by atoms with Crippen molar-refractivity contribution in [1.82, 2.24) is 0 Å². The molecule has 21 heavy (non-hydrogen) atoms. The second kappa shape index (κ2) is 14.2. The van der Waals surface area contributed by atoms with Gasteiger partial charge < -0.3 is 4.74 Å². The lowest BCUT2D eigenvalue weighted by molar-refractivity contribution is 0.169. The molecule has 0 aromatic carbocycles. The van der Waals surface area contributed by atoms with Crippen molar-refractivity contribution in [2.45, 2.75) is 84.0 Å². The lowest BCUT2D eigenvalue weighted by Crippen LogP contribution is -2.26. The van der Waals surface area contributed by atoms with Crippen molar-refractivity contribution < 1.29 is 9.53 Å². The summed E-state index contributed by atoms with van der Waals surface area (Å²) in [6, 6.07) is -3.31. The summed E-state index contributed by atoms with van der Waals surface area (Å²) in [5, 5.41) is 0. The fraction of sp³-hybridized carbons (Fsp3) is 0.933. The van der Waals surface area contributed by atoms with Gasteiger partial charge in [-0.1, -0.05) is 77.6 Å². The Morgan fingerprint density at radius 3 is 1.52 bits per heavy atom. The quantitative estimate of drug-likeness (QED) is 0.184. The van der Waals surface area contributed by atoms with Gasteiger partial charge in [0, 0.05) is 0 Å². The maximum absolute atomic E-state index is 11.2. The van der Waals surface area contributed by atoms with Crippen molar-refractivity contribution in [3.63, 3.8) is 0 Å². The fourth-order valence-corrected chi connectivity index (χ4v) is 2.95. The van der Waals surface area contributed by atoms with E-state index in [1.807, 2.05) is 0 Å². The third-order valence-corrected chi connectivity index (χ3v) is 5.46. The van der Waals surface area contributed by atoms with Crippen LogP contribution in [0.2, 0.25) is 0 Å². The third-order valence-electron chi connectivity index (χ3n) is 3.46. The molecule has 0 aliphatic heterocycles. The highest BCUT2D eigenvalue weighted by atomic mass is 35.8. The Balaban J connectivity index is 3.14. The summed E-state index contributed by atoms with van der Waals surface area (Å²) in [6.07, 6.45) is 15.3. The molecule has 0 unspecified atom stereocenters. The second-order valence-electron chi connectivity index (χ2n) is 5.52. The summed E-state index contributed by atoms with van der Waals surface area (Å²) in [5.74, 6) is 0. The molecule has 0 N–H and O–H groups in total. The highest BCUT2D eigenvalue weighted by molar-refractivity contribution is 7.74. The van der Waals surface area contributed by atoms with E-state index in [-0.39, 0.29) is 0 Å². The Morgan fingerprint density at radius 1 is 0.762 bits per heavy atom. The standard InChI is InChI=1S/C15H29Cl3O2Si/c1-2-3-4-5-6-7-8-9-10-11-12-13-14-20-15(19)21(16,17)18/h2-14H2,1H3. The van der Waals surface area contributed by atoms with Crippen molar-refractivity contribution >= 4 is 44.8 Å². The van der Waals surface area contributed by atoms with Crippen LogP contribution in [0.25, 0.3) is 0 Å². The molecule has 0 heterocycles. The van der Waals surface area contributed by atoms with Gasteiger partial charge in [-0.2, -0.15) is 0 Å². The first kappa shape index (κ1) is 21.6. The zero-order valence-corrected chi connectivity index (χ0v) is 16.4. The maximum atomic E-state index is 11.2. The molecule has 0 saturated heterocycles. The number of ether oxygens (including phenoxy) is 1. The Hall–Kier alpha value is 0.557. The Bertz CT molecular complexity index is 258. The Kier molecular flexibility index (Phi) is 14.5. The molecular formula is C15H29Cl3O2Si. The van der Waals surface area contributed by atoms with Crippen molar-refractivity contribution in [3.8, 4) is 0 Å². The van der Waals surface area contributed by atoms with Crippen molar-refractivity contribution in [2.24, 2.45) is 0 Å². The molecule has 0 aromatic rings. The van der Waals surface area contributed by atoms with Crippen LogP contribution in [-0.2, 0) is 4.74 Å². The van der Waals surface area contributed by atoms with E-state index in [9.17, 15) is 4.79 Å². The molecule has 2 nitrogen and oxygen atoms in total. The highest BCUT2D eigenvalue weighted by Gasteiger charge is 2.38. The molecule has 0 atom stereocenters. The van der Waals surface area contributed by atoms with Gasteiger partial charge in [-0.25, -0.2) is 0 Å².